The largest absolute Gasteiger partial charge is 0.490 e. The van der Waals surface area contributed by atoms with Gasteiger partial charge in [0.25, 0.3) is 5.91 Å². The molecule has 1 heterocycles. The minimum atomic E-state index is -0.428. The molecule has 2 aromatic rings. The van der Waals surface area contributed by atoms with Crippen LogP contribution in [0.5, 0.6) is 11.5 Å². The smallest absolute Gasteiger partial charge is 0.328 e. The first-order chi connectivity index (χ1) is 13.5. The van der Waals surface area contributed by atoms with Gasteiger partial charge in [0.2, 0.25) is 0 Å². The molecule has 1 aliphatic rings. The van der Waals surface area contributed by atoms with Crippen molar-refractivity contribution < 1.29 is 23.5 Å². The van der Waals surface area contributed by atoms with E-state index in [0.29, 0.717) is 30.2 Å². The Kier molecular flexibility index (Phi) is 5.93. The van der Waals surface area contributed by atoms with Gasteiger partial charge in [-0.1, -0.05) is 18.2 Å². The molecule has 1 fully saturated rings. The first-order valence-corrected chi connectivity index (χ1v) is 9.00. The average Bonchev–Trinajstić information content (AvgIpc) is 2.95. The Morgan fingerprint density at radius 2 is 1.79 bits per heavy atom. The summed E-state index contributed by atoms with van der Waals surface area (Å²) in [6.45, 7) is 4.60. The number of urea groups is 1. The molecule has 146 valence electrons. The molecule has 7 heteroatoms. The quantitative estimate of drug-likeness (QED) is 0.584. The van der Waals surface area contributed by atoms with Gasteiger partial charge in [-0.05, 0) is 55.3 Å². The van der Waals surface area contributed by atoms with Crippen LogP contribution in [0.15, 0.2) is 48.2 Å². The van der Waals surface area contributed by atoms with Crippen molar-refractivity contribution in [1.82, 2.24) is 10.2 Å². The van der Waals surface area contributed by atoms with Crippen LogP contribution in [0.25, 0.3) is 6.08 Å². The van der Waals surface area contributed by atoms with Crippen LogP contribution in [0.1, 0.15) is 25.0 Å². The predicted octanol–water partition coefficient (Wildman–Crippen LogP) is 3.72. The summed E-state index contributed by atoms with van der Waals surface area (Å²) in [7, 11) is 0. The van der Waals surface area contributed by atoms with Crippen LogP contribution in [0.4, 0.5) is 9.18 Å². The maximum absolute atomic E-state index is 13.0. The minimum absolute atomic E-state index is 0.217. The van der Waals surface area contributed by atoms with Gasteiger partial charge in [-0.15, -0.1) is 0 Å². The van der Waals surface area contributed by atoms with E-state index in [-0.39, 0.29) is 24.0 Å². The number of carbonyl (C=O) groups excluding carboxylic acids is 2. The van der Waals surface area contributed by atoms with E-state index < -0.39 is 6.03 Å². The van der Waals surface area contributed by atoms with E-state index in [0.717, 1.165) is 10.5 Å². The second-order valence-corrected chi connectivity index (χ2v) is 6.09. The number of benzene rings is 2. The van der Waals surface area contributed by atoms with Gasteiger partial charge in [0, 0.05) is 6.54 Å². The van der Waals surface area contributed by atoms with Gasteiger partial charge in [-0.2, -0.15) is 0 Å². The molecule has 6 nitrogen and oxygen atoms in total. The van der Waals surface area contributed by atoms with Crippen LogP contribution in [0.2, 0.25) is 0 Å². The van der Waals surface area contributed by atoms with Gasteiger partial charge in [0.15, 0.2) is 11.5 Å². The van der Waals surface area contributed by atoms with Gasteiger partial charge >= 0.3 is 6.03 Å². The minimum Gasteiger partial charge on any atom is -0.490 e. The molecule has 0 aliphatic carbocycles. The van der Waals surface area contributed by atoms with Crippen LogP contribution in [0.3, 0.4) is 0 Å². The lowest BCUT2D eigenvalue weighted by molar-refractivity contribution is -0.122. The van der Waals surface area contributed by atoms with Crippen molar-refractivity contribution >= 4 is 18.0 Å². The molecule has 1 aliphatic heterocycles. The van der Waals surface area contributed by atoms with Crippen LogP contribution in [-0.2, 0) is 11.4 Å². The molecular formula is C21H21FN2O4. The molecule has 0 radical (unpaired) electrons. The third-order valence-electron chi connectivity index (χ3n) is 4.16. The zero-order valence-electron chi connectivity index (χ0n) is 15.7. The molecule has 28 heavy (non-hydrogen) atoms. The number of nitrogens with one attached hydrogen (secondary N) is 1. The summed E-state index contributed by atoms with van der Waals surface area (Å²) in [5.41, 5.74) is 1.74. The topological polar surface area (TPSA) is 67.9 Å². The van der Waals surface area contributed by atoms with Crippen molar-refractivity contribution in [2.24, 2.45) is 0 Å². The van der Waals surface area contributed by atoms with E-state index in [1.807, 2.05) is 6.92 Å². The molecule has 3 rings (SSSR count). The third kappa shape index (κ3) is 4.31. The number of hydrogen-bond acceptors (Lipinski definition) is 4. The SMILES string of the molecule is CCOc1cc(/C=C2/NC(=O)N(CC)C2=O)ccc1OCc1ccc(F)cc1. The van der Waals surface area contributed by atoms with Crippen molar-refractivity contribution in [2.75, 3.05) is 13.2 Å². The Labute approximate surface area is 162 Å². The first kappa shape index (κ1) is 19.4. The maximum Gasteiger partial charge on any atom is 0.328 e. The van der Waals surface area contributed by atoms with Gasteiger partial charge < -0.3 is 14.8 Å². The first-order valence-electron chi connectivity index (χ1n) is 9.00. The van der Waals surface area contributed by atoms with Crippen LogP contribution in [0, 0.1) is 5.82 Å². The van der Waals surface area contributed by atoms with E-state index in [2.05, 4.69) is 5.32 Å². The summed E-state index contributed by atoms with van der Waals surface area (Å²) in [6, 6.07) is 10.9. The summed E-state index contributed by atoms with van der Waals surface area (Å²) >= 11 is 0. The molecule has 1 N–H and O–H groups in total. The van der Waals surface area contributed by atoms with Crippen molar-refractivity contribution in [2.45, 2.75) is 20.5 Å². The van der Waals surface area contributed by atoms with E-state index in [9.17, 15) is 14.0 Å². The number of imide groups is 1. The second kappa shape index (κ2) is 8.56. The highest BCUT2D eigenvalue weighted by molar-refractivity contribution is 6.13. The molecular weight excluding hydrogens is 363 g/mol. The number of likely N-dealkylation sites (N-methyl/N-ethyl adjacent to an activating group) is 1. The summed E-state index contributed by atoms with van der Waals surface area (Å²) in [5.74, 6) is 0.391. The molecule has 0 spiro atoms. The van der Waals surface area contributed by atoms with Crippen LogP contribution in [-0.4, -0.2) is 30.0 Å². The Bertz CT molecular complexity index is 909. The van der Waals surface area contributed by atoms with Gasteiger partial charge in [-0.25, -0.2) is 9.18 Å². The van der Waals surface area contributed by atoms with E-state index in [1.165, 1.54) is 12.1 Å². The van der Waals surface area contributed by atoms with Crippen molar-refractivity contribution in [3.63, 3.8) is 0 Å². The predicted molar refractivity (Wildman–Crippen MR) is 102 cm³/mol. The normalized spacial score (nSPS) is 15.1. The lowest BCUT2D eigenvalue weighted by atomic mass is 10.1. The number of ether oxygens (including phenoxy) is 2. The highest BCUT2D eigenvalue weighted by atomic mass is 19.1. The van der Waals surface area contributed by atoms with Crippen molar-refractivity contribution in [3.8, 4) is 11.5 Å². The fourth-order valence-corrected chi connectivity index (χ4v) is 2.77. The van der Waals surface area contributed by atoms with Gasteiger partial charge in [0.05, 0.1) is 6.61 Å². The fourth-order valence-electron chi connectivity index (χ4n) is 2.77. The highest BCUT2D eigenvalue weighted by Crippen LogP contribution is 2.30. The van der Waals surface area contributed by atoms with E-state index >= 15 is 0 Å². The zero-order valence-corrected chi connectivity index (χ0v) is 15.7. The third-order valence-corrected chi connectivity index (χ3v) is 4.16. The molecule has 2 aromatic carbocycles. The number of rotatable bonds is 7. The summed E-state index contributed by atoms with van der Waals surface area (Å²) < 4.78 is 24.4. The average molecular weight is 384 g/mol. The Morgan fingerprint density at radius 3 is 2.43 bits per heavy atom. The maximum atomic E-state index is 13.0. The Morgan fingerprint density at radius 1 is 1.04 bits per heavy atom. The molecule has 1 saturated heterocycles. The number of amides is 3. The number of nitrogens with zero attached hydrogens (tertiary/aromatic N) is 1. The molecule has 0 saturated carbocycles. The van der Waals surface area contributed by atoms with Crippen molar-refractivity contribution in [1.29, 1.82) is 0 Å². The molecule has 0 aromatic heterocycles. The number of halogens is 1. The second-order valence-electron chi connectivity index (χ2n) is 6.09. The monoisotopic (exact) mass is 384 g/mol. The molecule has 0 atom stereocenters. The van der Waals surface area contributed by atoms with Crippen LogP contribution >= 0.6 is 0 Å². The number of carbonyl (C=O) groups is 2. The zero-order chi connectivity index (χ0) is 20.1. The molecule has 3 amide bonds. The lowest BCUT2D eigenvalue weighted by Gasteiger charge is -2.13. The molecule has 0 unspecified atom stereocenters. The van der Waals surface area contributed by atoms with E-state index in [1.54, 1.807) is 43.3 Å². The standard InChI is InChI=1S/C21H21FN2O4/c1-3-24-20(25)17(23-21(24)26)11-15-7-10-18(19(12-15)27-4-2)28-13-14-5-8-16(22)9-6-14/h5-12H,3-4,13H2,1-2H3,(H,23,26)/b17-11+. The Hall–Kier alpha value is -3.35. The van der Waals surface area contributed by atoms with Crippen molar-refractivity contribution in [3.05, 3.63) is 65.1 Å². The lowest BCUT2D eigenvalue weighted by Crippen LogP contribution is -2.30. The summed E-state index contributed by atoms with van der Waals surface area (Å²) in [5, 5.41) is 2.57. The summed E-state index contributed by atoms with van der Waals surface area (Å²) in [6.07, 6.45) is 1.60. The molecule has 0 bridgehead atoms. The highest BCUT2D eigenvalue weighted by Gasteiger charge is 2.32. The Balaban J connectivity index is 1.79. The number of hydrogen-bond donors (Lipinski definition) is 1. The fraction of sp³-hybridized carbons (Fsp3) is 0.238. The van der Waals surface area contributed by atoms with Gasteiger partial charge in [0.1, 0.15) is 18.1 Å². The van der Waals surface area contributed by atoms with Crippen LogP contribution < -0.4 is 14.8 Å². The van der Waals surface area contributed by atoms with E-state index in [4.69, 9.17) is 9.47 Å². The summed E-state index contributed by atoms with van der Waals surface area (Å²) in [4.78, 5) is 25.1. The van der Waals surface area contributed by atoms with Gasteiger partial charge in [-0.3, -0.25) is 9.69 Å².